The number of methoxy groups -OCH3 is 3. The van der Waals surface area contributed by atoms with Crippen LogP contribution < -0.4 is 5.32 Å². The van der Waals surface area contributed by atoms with Crippen molar-refractivity contribution >= 4 is 45.7 Å². The summed E-state index contributed by atoms with van der Waals surface area (Å²) in [5.74, 6) is -1.76. The van der Waals surface area contributed by atoms with E-state index in [9.17, 15) is 19.2 Å². The Balaban J connectivity index is 1.01. The highest BCUT2D eigenvalue weighted by molar-refractivity contribution is 6.05. The van der Waals surface area contributed by atoms with E-state index in [4.69, 9.17) is 33.7 Å². The molecule has 0 radical (unpaired) electrons. The Bertz CT molecular complexity index is 2460. The van der Waals surface area contributed by atoms with E-state index < -0.39 is 47.9 Å². The van der Waals surface area contributed by atoms with Crippen molar-refractivity contribution < 1.29 is 42.9 Å². The number of likely N-dealkylation sites (tertiary alicyclic amines) is 2. The molecule has 16 heteroatoms. The average molecular weight is 850 g/mol. The number of alkyl carbamates (subject to hydrolysis) is 1. The quantitative estimate of drug-likeness (QED) is 0.120. The molecule has 6 atom stereocenters. The Morgan fingerprint density at radius 3 is 2.26 bits per heavy atom. The van der Waals surface area contributed by atoms with E-state index in [0.717, 1.165) is 57.0 Å². The summed E-state index contributed by atoms with van der Waals surface area (Å²) in [7, 11) is 4.10. The highest BCUT2D eigenvalue weighted by Gasteiger charge is 2.53. The maximum atomic E-state index is 14.3. The Morgan fingerprint density at radius 2 is 1.56 bits per heavy atom. The van der Waals surface area contributed by atoms with Crippen LogP contribution in [0.25, 0.3) is 44.2 Å². The van der Waals surface area contributed by atoms with Gasteiger partial charge in [0.25, 0.3) is 0 Å². The number of aromatic amines is 2. The number of rotatable bonds is 12. The summed E-state index contributed by atoms with van der Waals surface area (Å²) < 4.78 is 27.4. The normalized spacial score (nSPS) is 20.5. The number of imidazole rings is 2. The van der Waals surface area contributed by atoms with Crippen LogP contribution in [0.15, 0.2) is 60.8 Å². The fourth-order valence-corrected chi connectivity index (χ4v) is 9.47. The molecule has 328 valence electrons. The molecule has 2 unspecified atom stereocenters. The van der Waals surface area contributed by atoms with Gasteiger partial charge in [0.2, 0.25) is 11.8 Å². The van der Waals surface area contributed by atoms with Crippen molar-refractivity contribution in [1.82, 2.24) is 35.1 Å². The molecular weight excluding hydrogens is 795 g/mol. The van der Waals surface area contributed by atoms with E-state index in [2.05, 4.69) is 51.7 Å². The summed E-state index contributed by atoms with van der Waals surface area (Å²) in [4.78, 5) is 73.1. The van der Waals surface area contributed by atoms with Crippen LogP contribution in [0.3, 0.4) is 0 Å². The van der Waals surface area contributed by atoms with Crippen molar-refractivity contribution in [3.8, 4) is 22.4 Å². The third kappa shape index (κ3) is 8.02. The molecular formula is C46H55N7O9. The molecule has 5 aromatic rings. The molecule has 3 aliphatic heterocycles. The van der Waals surface area contributed by atoms with Gasteiger partial charge in [-0.3, -0.25) is 14.4 Å². The lowest BCUT2D eigenvalue weighted by Gasteiger charge is -2.32. The first-order valence-electron chi connectivity index (χ1n) is 21.3. The molecule has 16 nitrogen and oxygen atoms in total. The van der Waals surface area contributed by atoms with Gasteiger partial charge in [-0.15, -0.1) is 0 Å². The van der Waals surface area contributed by atoms with Crippen molar-refractivity contribution in [3.05, 3.63) is 72.4 Å². The minimum absolute atomic E-state index is 0.109. The highest BCUT2D eigenvalue weighted by Crippen LogP contribution is 2.44. The summed E-state index contributed by atoms with van der Waals surface area (Å²) in [6, 6.07) is 17.0. The number of nitrogens with zero attached hydrogens (tertiary/aromatic N) is 4. The van der Waals surface area contributed by atoms with Gasteiger partial charge < -0.3 is 48.8 Å². The molecule has 3 aliphatic rings. The number of benzene rings is 3. The first-order valence-corrected chi connectivity index (χ1v) is 21.3. The molecule has 0 bridgehead atoms. The maximum absolute atomic E-state index is 14.3. The van der Waals surface area contributed by atoms with Gasteiger partial charge in [0.1, 0.15) is 17.7 Å². The number of H-pyrrole nitrogens is 2. The molecule has 1 spiro atoms. The SMILES string of the molecule is COC(=O)N[C@H](C(=O)N1CCC[C@H]1c1nc2c(ccc3cc(-c4ccc(-c5cnc([C@@H]6CC7(CN6C(=O)C(C(C)C)C(C)C(=O)OC)OCCO7)[nH]5)cc4)ccc32)[nH]1)[C@@H](C)OC. The van der Waals surface area contributed by atoms with Crippen molar-refractivity contribution in [3.63, 3.8) is 0 Å². The fraction of sp³-hybridized carbons (Fsp3) is 0.478. The van der Waals surface area contributed by atoms with Crippen LogP contribution in [-0.4, -0.2) is 119 Å². The van der Waals surface area contributed by atoms with E-state index in [1.54, 1.807) is 29.8 Å². The summed E-state index contributed by atoms with van der Waals surface area (Å²) in [6.07, 6.45) is 2.46. The van der Waals surface area contributed by atoms with Gasteiger partial charge in [-0.2, -0.15) is 0 Å². The second-order valence-electron chi connectivity index (χ2n) is 16.9. The van der Waals surface area contributed by atoms with Crippen LogP contribution in [0.1, 0.15) is 70.7 Å². The number of carbonyl (C=O) groups is 4. The number of aromatic nitrogens is 4. The standard InChI is InChI=1S/C46H55N7O9/c1-25(2)37(26(3)44(56)59-6)42(54)53-24-46(61-19-20-62-46)22-36(53)40-47-23-34(49-40)29-12-10-28(11-13-29)30-14-16-32-31(21-30)15-17-33-39(32)50-41(48-33)35-9-8-18-52(35)43(55)38(27(4)58-5)51-45(57)60-7/h10-17,21,23,25-27,35-38H,8-9,18-20,22,24H2,1-7H3,(H,47,49)(H,48,50)(H,51,57)/t26?,27-,35+,36+,37?,38+/m1/s1. The van der Waals surface area contributed by atoms with Crippen LogP contribution in [-0.2, 0) is 38.1 Å². The van der Waals surface area contributed by atoms with Crippen LogP contribution in [0.2, 0.25) is 0 Å². The van der Waals surface area contributed by atoms with Gasteiger partial charge in [-0.25, -0.2) is 14.8 Å². The second kappa shape index (κ2) is 17.5. The molecule has 2 aromatic heterocycles. The number of hydrogen-bond donors (Lipinski definition) is 3. The molecule has 3 fully saturated rings. The number of nitrogens with one attached hydrogen (secondary N) is 3. The number of ether oxygens (including phenoxy) is 5. The van der Waals surface area contributed by atoms with E-state index in [1.807, 2.05) is 32.0 Å². The summed E-state index contributed by atoms with van der Waals surface area (Å²) in [6.45, 7) is 9.02. The monoisotopic (exact) mass is 849 g/mol. The topological polar surface area (TPSA) is 190 Å². The van der Waals surface area contributed by atoms with Crippen molar-refractivity contribution in [2.24, 2.45) is 17.8 Å². The van der Waals surface area contributed by atoms with Crippen LogP contribution in [0.5, 0.6) is 0 Å². The molecule has 0 aliphatic carbocycles. The molecule has 0 saturated carbocycles. The minimum Gasteiger partial charge on any atom is -0.469 e. The van der Waals surface area contributed by atoms with Gasteiger partial charge in [0.15, 0.2) is 5.79 Å². The molecule has 8 rings (SSSR count). The molecule has 3 amide bonds. The van der Waals surface area contributed by atoms with Crippen molar-refractivity contribution in [1.29, 1.82) is 0 Å². The first kappa shape index (κ1) is 42.8. The number of esters is 1. The van der Waals surface area contributed by atoms with Crippen LogP contribution >= 0.6 is 0 Å². The van der Waals surface area contributed by atoms with Crippen LogP contribution in [0.4, 0.5) is 4.79 Å². The molecule has 3 aromatic carbocycles. The molecule has 3 saturated heterocycles. The highest BCUT2D eigenvalue weighted by atomic mass is 16.7. The van der Waals surface area contributed by atoms with Crippen molar-refractivity contribution in [2.45, 2.75) is 77.0 Å². The average Bonchev–Trinajstić information content (AvgIpc) is 4.15. The summed E-state index contributed by atoms with van der Waals surface area (Å²) >= 11 is 0. The Labute approximate surface area is 360 Å². The lowest BCUT2D eigenvalue weighted by molar-refractivity contribution is -0.159. The number of amides is 3. The largest absolute Gasteiger partial charge is 0.469 e. The molecule has 62 heavy (non-hydrogen) atoms. The Morgan fingerprint density at radius 1 is 0.839 bits per heavy atom. The van der Waals surface area contributed by atoms with E-state index in [1.165, 1.54) is 21.3 Å². The lowest BCUT2D eigenvalue weighted by atomic mass is 9.83. The molecule has 3 N–H and O–H groups in total. The van der Waals surface area contributed by atoms with E-state index >= 15 is 0 Å². The predicted molar refractivity (Wildman–Crippen MR) is 229 cm³/mol. The van der Waals surface area contributed by atoms with Gasteiger partial charge in [0, 0.05) is 25.5 Å². The second-order valence-corrected chi connectivity index (χ2v) is 16.9. The fourth-order valence-electron chi connectivity index (χ4n) is 9.47. The Kier molecular flexibility index (Phi) is 12.1. The minimum atomic E-state index is -0.924. The predicted octanol–water partition coefficient (Wildman–Crippen LogP) is 6.29. The van der Waals surface area contributed by atoms with E-state index in [0.29, 0.717) is 37.8 Å². The van der Waals surface area contributed by atoms with Gasteiger partial charge in [-0.05, 0) is 59.9 Å². The van der Waals surface area contributed by atoms with Gasteiger partial charge in [-0.1, -0.05) is 63.2 Å². The zero-order valence-corrected chi connectivity index (χ0v) is 36.2. The first-order chi connectivity index (χ1) is 29.8. The maximum Gasteiger partial charge on any atom is 0.407 e. The van der Waals surface area contributed by atoms with Gasteiger partial charge >= 0.3 is 12.1 Å². The Hall–Kier alpha value is -5.84. The van der Waals surface area contributed by atoms with Gasteiger partial charge in [0.05, 0.1) is 86.9 Å². The zero-order valence-electron chi connectivity index (χ0n) is 36.2. The number of hydrogen-bond acceptors (Lipinski definition) is 11. The summed E-state index contributed by atoms with van der Waals surface area (Å²) in [5.41, 5.74) is 5.50. The number of fused-ring (bicyclic) bond motifs is 3. The zero-order chi connectivity index (χ0) is 43.9. The molecule has 5 heterocycles. The van der Waals surface area contributed by atoms with E-state index in [-0.39, 0.29) is 30.3 Å². The third-order valence-electron chi connectivity index (χ3n) is 12.8. The third-order valence-corrected chi connectivity index (χ3v) is 12.8. The smallest absolute Gasteiger partial charge is 0.407 e. The summed E-state index contributed by atoms with van der Waals surface area (Å²) in [5, 5.41) is 4.65. The number of carbonyl (C=O) groups excluding carboxylic acids is 4. The lowest BCUT2D eigenvalue weighted by Crippen LogP contribution is -2.54. The van der Waals surface area contributed by atoms with Crippen LogP contribution in [0, 0.1) is 17.8 Å². The van der Waals surface area contributed by atoms with Crippen molar-refractivity contribution in [2.75, 3.05) is 47.6 Å².